The zero-order chi connectivity index (χ0) is 29.4. The van der Waals surface area contributed by atoms with Crippen molar-refractivity contribution in [1.82, 2.24) is 9.55 Å². The molecule has 1 fully saturated rings. The van der Waals surface area contributed by atoms with Crippen LogP contribution in [0.2, 0.25) is 0 Å². The number of carbonyl (C=O) groups is 2. The van der Waals surface area contributed by atoms with Gasteiger partial charge in [0.25, 0.3) is 0 Å². The van der Waals surface area contributed by atoms with Gasteiger partial charge in [-0.1, -0.05) is 42.5 Å². The lowest BCUT2D eigenvalue weighted by atomic mass is 9.83. The van der Waals surface area contributed by atoms with Crippen molar-refractivity contribution in [3.05, 3.63) is 122 Å². The van der Waals surface area contributed by atoms with Gasteiger partial charge in [0.1, 0.15) is 31.3 Å². The summed E-state index contributed by atoms with van der Waals surface area (Å²) in [5, 5.41) is 19.3. The second-order valence-corrected chi connectivity index (χ2v) is 10.3. The summed E-state index contributed by atoms with van der Waals surface area (Å²) in [5.74, 6) is 0.475. The van der Waals surface area contributed by atoms with Gasteiger partial charge in [-0.05, 0) is 42.3 Å². The van der Waals surface area contributed by atoms with Crippen molar-refractivity contribution < 1.29 is 34.0 Å². The zero-order valence-corrected chi connectivity index (χ0v) is 22.7. The van der Waals surface area contributed by atoms with Crippen molar-refractivity contribution >= 4 is 11.6 Å². The number of benzene rings is 3. The third kappa shape index (κ3) is 5.23. The highest BCUT2D eigenvalue weighted by atomic mass is 16.5. The molecule has 0 bridgehead atoms. The third-order valence-corrected chi connectivity index (χ3v) is 7.48. The van der Waals surface area contributed by atoms with Gasteiger partial charge in [0, 0.05) is 40.4 Å². The number of rotatable bonds is 8. The molecule has 1 aromatic heterocycles. The first-order valence-electron chi connectivity index (χ1n) is 13.5. The van der Waals surface area contributed by atoms with Gasteiger partial charge in [0.15, 0.2) is 11.6 Å². The Morgan fingerprint density at radius 1 is 0.881 bits per heavy atom. The lowest BCUT2D eigenvalue weighted by Crippen LogP contribution is -2.28. The van der Waals surface area contributed by atoms with Gasteiger partial charge in [0.05, 0.1) is 12.7 Å². The van der Waals surface area contributed by atoms with Crippen LogP contribution < -0.4 is 15.2 Å². The molecular weight excluding hydrogens is 540 g/mol. The molecule has 2 aliphatic rings. The molecule has 10 nitrogen and oxygen atoms in total. The third-order valence-electron chi connectivity index (χ3n) is 7.48. The van der Waals surface area contributed by atoms with Crippen molar-refractivity contribution in [3.63, 3.8) is 0 Å². The first-order valence-corrected chi connectivity index (χ1v) is 13.5. The second-order valence-electron chi connectivity index (χ2n) is 10.3. The van der Waals surface area contributed by atoms with Crippen LogP contribution in [0.4, 0.5) is 0 Å². The highest BCUT2D eigenvalue weighted by Crippen LogP contribution is 2.29. The van der Waals surface area contributed by atoms with Crippen LogP contribution in [-0.2, 0) is 18.0 Å². The van der Waals surface area contributed by atoms with Gasteiger partial charge in [-0.3, -0.25) is 14.2 Å². The number of ketones is 2. The van der Waals surface area contributed by atoms with Crippen molar-refractivity contribution in [2.45, 2.75) is 45.0 Å². The maximum atomic E-state index is 13.0. The summed E-state index contributed by atoms with van der Waals surface area (Å²) in [6.07, 6.45) is -0.558. The fourth-order valence-electron chi connectivity index (χ4n) is 5.19. The number of carbonyl (C=O) groups excluding carboxylic acids is 2. The molecule has 1 aliphatic heterocycles. The molecule has 42 heavy (non-hydrogen) atoms. The van der Waals surface area contributed by atoms with Crippen LogP contribution in [0.25, 0.3) is 0 Å². The average molecular weight is 569 g/mol. The topological polar surface area (TPSA) is 137 Å². The monoisotopic (exact) mass is 568 g/mol. The minimum Gasteiger partial charge on any atom is -0.489 e. The second kappa shape index (κ2) is 11.3. The molecule has 3 aromatic carbocycles. The van der Waals surface area contributed by atoms with Crippen molar-refractivity contribution in [3.8, 4) is 11.6 Å². The average Bonchev–Trinajstić information content (AvgIpc) is 3.39. The number of aliphatic hydroxyl groups is 2. The van der Waals surface area contributed by atoms with Crippen LogP contribution in [0.15, 0.2) is 77.7 Å². The minimum atomic E-state index is -0.860. The van der Waals surface area contributed by atoms with Crippen LogP contribution in [-0.4, -0.2) is 50.1 Å². The molecule has 1 unspecified atom stereocenters. The fourth-order valence-corrected chi connectivity index (χ4v) is 5.19. The molecule has 1 saturated heterocycles. The highest BCUT2D eigenvalue weighted by molar-refractivity contribution is 6.28. The summed E-state index contributed by atoms with van der Waals surface area (Å²) in [6, 6.07) is 19.3. The van der Waals surface area contributed by atoms with Gasteiger partial charge < -0.3 is 24.4 Å². The number of aromatic nitrogens is 2. The zero-order valence-electron chi connectivity index (χ0n) is 22.7. The predicted octanol–water partition coefficient (Wildman–Crippen LogP) is 3.13. The summed E-state index contributed by atoms with van der Waals surface area (Å²) < 4.78 is 18.6. The van der Waals surface area contributed by atoms with Gasteiger partial charge in [-0.25, -0.2) is 4.79 Å². The Kier molecular flexibility index (Phi) is 7.42. The molecule has 0 saturated carbocycles. The number of ether oxygens (including phenoxy) is 3. The van der Waals surface area contributed by atoms with E-state index in [2.05, 4.69) is 4.98 Å². The molecule has 1 aliphatic carbocycles. The van der Waals surface area contributed by atoms with E-state index in [1.807, 2.05) is 12.1 Å². The Morgan fingerprint density at radius 2 is 1.52 bits per heavy atom. The van der Waals surface area contributed by atoms with E-state index in [-0.39, 0.29) is 43.7 Å². The molecule has 2 heterocycles. The van der Waals surface area contributed by atoms with E-state index in [1.54, 1.807) is 67.7 Å². The molecule has 2 N–H and O–H groups in total. The molecule has 6 rings (SSSR count). The Bertz CT molecular complexity index is 1730. The van der Waals surface area contributed by atoms with Crippen LogP contribution in [0.1, 0.15) is 61.2 Å². The number of fused-ring (bicyclic) bond motifs is 2. The standard InChI is InChI=1S/C32H28N2O8/c1-18-14-34(28-13-26(36)27(15-35)42-28)32(39)33-31(18)41-16-19-6-9-21(10-7-19)40-17-20-8-11-24-25(12-20)30(38)23-5-3-2-4-22(23)29(24)37/h2-12,14,26-28,35-36H,13,15-17H2,1H3/t26-,27?,28+/m0/s1. The molecule has 0 radical (unpaired) electrons. The smallest absolute Gasteiger partial charge is 0.352 e. The van der Waals surface area contributed by atoms with Crippen LogP contribution in [0, 0.1) is 6.92 Å². The van der Waals surface area contributed by atoms with Crippen LogP contribution >= 0.6 is 0 Å². The van der Waals surface area contributed by atoms with Gasteiger partial charge in [-0.15, -0.1) is 0 Å². The molecule has 3 atom stereocenters. The molecule has 0 spiro atoms. The lowest BCUT2D eigenvalue weighted by molar-refractivity contribution is -0.0460. The summed E-state index contributed by atoms with van der Waals surface area (Å²) in [6.45, 7) is 1.81. The first-order chi connectivity index (χ1) is 20.3. The van der Waals surface area contributed by atoms with E-state index in [1.165, 1.54) is 4.57 Å². The number of nitrogens with zero attached hydrogens (tertiary/aromatic N) is 2. The normalized spacial score (nSPS) is 19.4. The molecule has 214 valence electrons. The molecule has 4 aromatic rings. The first kappa shape index (κ1) is 27.5. The summed E-state index contributed by atoms with van der Waals surface area (Å²) in [7, 11) is 0. The largest absolute Gasteiger partial charge is 0.489 e. The van der Waals surface area contributed by atoms with Crippen molar-refractivity contribution in [2.24, 2.45) is 0 Å². The minimum absolute atomic E-state index is 0.157. The van der Waals surface area contributed by atoms with Gasteiger partial charge >= 0.3 is 5.69 Å². The number of hydrogen-bond acceptors (Lipinski definition) is 9. The fraction of sp³-hybridized carbons (Fsp3) is 0.250. The molecule has 0 amide bonds. The van der Waals surface area contributed by atoms with Gasteiger partial charge in [0.2, 0.25) is 5.88 Å². The lowest BCUT2D eigenvalue weighted by Gasteiger charge is -2.18. The Labute approximate surface area is 240 Å². The van der Waals surface area contributed by atoms with E-state index in [9.17, 15) is 24.6 Å². The number of aliphatic hydroxyl groups excluding tert-OH is 2. The molecular formula is C32H28N2O8. The van der Waals surface area contributed by atoms with Crippen LogP contribution in [0.5, 0.6) is 11.6 Å². The van der Waals surface area contributed by atoms with E-state index in [0.29, 0.717) is 33.6 Å². The SMILES string of the molecule is Cc1cn([C@H]2C[C@H](O)C(CO)O2)c(=O)nc1OCc1ccc(OCc2ccc3c(c2)C(=O)c2ccccc2C3=O)cc1. The highest BCUT2D eigenvalue weighted by Gasteiger charge is 2.35. The Hall–Kier alpha value is -4.64. The van der Waals surface area contributed by atoms with E-state index >= 15 is 0 Å². The van der Waals surface area contributed by atoms with Gasteiger partial charge in [-0.2, -0.15) is 4.98 Å². The molecule has 10 heteroatoms. The summed E-state index contributed by atoms with van der Waals surface area (Å²) in [4.78, 5) is 42.4. The van der Waals surface area contributed by atoms with E-state index in [0.717, 1.165) is 11.1 Å². The maximum absolute atomic E-state index is 13.0. The number of hydrogen-bond donors (Lipinski definition) is 2. The van der Waals surface area contributed by atoms with E-state index in [4.69, 9.17) is 14.2 Å². The van der Waals surface area contributed by atoms with Crippen LogP contribution in [0.3, 0.4) is 0 Å². The van der Waals surface area contributed by atoms with E-state index < -0.39 is 24.1 Å². The summed E-state index contributed by atoms with van der Waals surface area (Å²) in [5.41, 5.74) is 3.26. The van der Waals surface area contributed by atoms with Crippen molar-refractivity contribution in [1.29, 1.82) is 0 Å². The predicted molar refractivity (Wildman–Crippen MR) is 150 cm³/mol. The Balaban J connectivity index is 1.07. The quantitative estimate of drug-likeness (QED) is 0.289. The summed E-state index contributed by atoms with van der Waals surface area (Å²) >= 11 is 0. The van der Waals surface area contributed by atoms with Crippen molar-refractivity contribution in [2.75, 3.05) is 6.61 Å². The maximum Gasteiger partial charge on any atom is 0.352 e. The Morgan fingerprint density at radius 3 is 2.21 bits per heavy atom. The number of aryl methyl sites for hydroxylation is 1.